The van der Waals surface area contributed by atoms with Crippen LogP contribution in [0.3, 0.4) is 0 Å². The van der Waals surface area contributed by atoms with E-state index in [0.29, 0.717) is 6.29 Å². The molecule has 0 aliphatic heterocycles. The Hall–Kier alpha value is -0.390. The second kappa shape index (κ2) is 5.63. The predicted molar refractivity (Wildman–Crippen MR) is 60.1 cm³/mol. The first-order valence-electron chi connectivity index (χ1n) is 4.66. The number of ether oxygens (including phenoxy) is 2. The maximum absolute atomic E-state index is 11.0. The number of carbonyl (C=O) groups is 2. The van der Waals surface area contributed by atoms with Crippen molar-refractivity contribution < 1.29 is 19.1 Å². The van der Waals surface area contributed by atoms with E-state index in [1.807, 2.05) is 0 Å². The highest BCUT2D eigenvalue weighted by molar-refractivity contribution is 7.96. The van der Waals surface area contributed by atoms with Crippen molar-refractivity contribution in [3.05, 3.63) is 0 Å². The van der Waals surface area contributed by atoms with Gasteiger partial charge < -0.3 is 14.3 Å². The Morgan fingerprint density at radius 2 is 1.80 bits per heavy atom. The third-order valence-electron chi connectivity index (χ3n) is 1.84. The molecule has 5 heteroatoms. The summed E-state index contributed by atoms with van der Waals surface area (Å²) in [5, 5.41) is -0.339. The van der Waals surface area contributed by atoms with E-state index >= 15 is 0 Å². The van der Waals surface area contributed by atoms with Crippen LogP contribution >= 0.6 is 12.6 Å². The van der Waals surface area contributed by atoms with E-state index in [-0.39, 0.29) is 18.3 Å². The van der Waals surface area contributed by atoms with Crippen molar-refractivity contribution >= 4 is 24.0 Å². The van der Waals surface area contributed by atoms with Crippen LogP contribution in [0.25, 0.3) is 0 Å². The first-order valence-corrected chi connectivity index (χ1v) is 5.11. The third-order valence-corrected chi connectivity index (χ3v) is 2.38. The zero-order valence-corrected chi connectivity index (χ0v) is 10.5. The quantitative estimate of drug-likeness (QED) is 0.532. The van der Waals surface area contributed by atoms with Gasteiger partial charge in [-0.15, -0.1) is 12.6 Å². The molecule has 0 spiro atoms. The van der Waals surface area contributed by atoms with E-state index in [2.05, 4.69) is 12.6 Å². The van der Waals surface area contributed by atoms with Crippen LogP contribution in [0.5, 0.6) is 0 Å². The summed E-state index contributed by atoms with van der Waals surface area (Å²) in [7, 11) is 0. The maximum Gasteiger partial charge on any atom is 0.217 e. The van der Waals surface area contributed by atoms with Gasteiger partial charge in [-0.25, -0.2) is 0 Å². The first-order chi connectivity index (χ1) is 6.71. The van der Waals surface area contributed by atoms with Gasteiger partial charge in [0.25, 0.3) is 0 Å². The minimum atomic E-state index is -0.940. The molecule has 0 aromatic carbocycles. The number of aldehydes is 1. The molecule has 15 heavy (non-hydrogen) atoms. The minimum absolute atomic E-state index is 0.0195. The molecule has 0 radical (unpaired) electrons. The Morgan fingerprint density at radius 1 is 1.27 bits per heavy atom. The van der Waals surface area contributed by atoms with Crippen molar-refractivity contribution in [3.63, 3.8) is 0 Å². The molecule has 0 fully saturated rings. The smallest absolute Gasteiger partial charge is 0.217 e. The van der Waals surface area contributed by atoms with E-state index in [1.165, 1.54) is 0 Å². The molecule has 0 heterocycles. The van der Waals surface area contributed by atoms with Crippen LogP contribution in [0, 0.1) is 0 Å². The Morgan fingerprint density at radius 3 is 2.20 bits per heavy atom. The SMILES string of the molecule is CC(C)(COC(C)(C)C(=O)S)OCC=O. The van der Waals surface area contributed by atoms with Crippen LogP contribution in [0.2, 0.25) is 0 Å². The summed E-state index contributed by atoms with van der Waals surface area (Å²) < 4.78 is 10.6. The number of rotatable bonds is 7. The molecule has 0 aliphatic carbocycles. The zero-order valence-electron chi connectivity index (χ0n) is 9.57. The third kappa shape index (κ3) is 5.92. The van der Waals surface area contributed by atoms with Crippen LogP contribution in [0.4, 0.5) is 0 Å². The van der Waals surface area contributed by atoms with Gasteiger partial charge in [0.2, 0.25) is 5.12 Å². The number of thiol groups is 1. The van der Waals surface area contributed by atoms with E-state index in [0.717, 1.165) is 0 Å². The summed E-state index contributed by atoms with van der Waals surface area (Å²) in [6.45, 7) is 7.09. The minimum Gasteiger partial charge on any atom is -0.366 e. The van der Waals surface area contributed by atoms with Crippen molar-refractivity contribution in [2.45, 2.75) is 38.9 Å². The van der Waals surface area contributed by atoms with Crippen molar-refractivity contribution in [2.75, 3.05) is 13.2 Å². The van der Waals surface area contributed by atoms with Gasteiger partial charge in [0.15, 0.2) is 0 Å². The molecule has 4 nitrogen and oxygen atoms in total. The van der Waals surface area contributed by atoms with Crippen LogP contribution in [0.1, 0.15) is 27.7 Å². The Kier molecular flexibility index (Phi) is 5.48. The average Bonchev–Trinajstić information content (AvgIpc) is 2.12. The van der Waals surface area contributed by atoms with E-state index in [1.54, 1.807) is 27.7 Å². The number of hydrogen-bond donors (Lipinski definition) is 1. The number of hydrogen-bond acceptors (Lipinski definition) is 4. The van der Waals surface area contributed by atoms with Gasteiger partial charge in [0.1, 0.15) is 18.5 Å². The van der Waals surface area contributed by atoms with Gasteiger partial charge in [-0.05, 0) is 27.7 Å². The van der Waals surface area contributed by atoms with Crippen molar-refractivity contribution in [1.29, 1.82) is 0 Å². The molecular formula is C10H18O4S. The normalized spacial score (nSPS) is 12.6. The maximum atomic E-state index is 11.0. The van der Waals surface area contributed by atoms with Crippen LogP contribution in [-0.4, -0.2) is 35.8 Å². The Bertz CT molecular complexity index is 236. The molecule has 0 saturated carbocycles. The summed E-state index contributed by atoms with van der Waals surface area (Å²) in [4.78, 5) is 21.2. The molecule has 0 unspecified atom stereocenters. The average molecular weight is 234 g/mol. The molecule has 0 saturated heterocycles. The largest absolute Gasteiger partial charge is 0.366 e. The predicted octanol–water partition coefficient (Wildman–Crippen LogP) is 1.23. The lowest BCUT2D eigenvalue weighted by Gasteiger charge is -2.29. The van der Waals surface area contributed by atoms with E-state index in [4.69, 9.17) is 9.47 Å². The Labute approximate surface area is 95.7 Å². The lowest BCUT2D eigenvalue weighted by atomic mass is 10.1. The van der Waals surface area contributed by atoms with Gasteiger partial charge in [0, 0.05) is 0 Å². The monoisotopic (exact) mass is 234 g/mol. The Balaban J connectivity index is 4.13. The summed E-state index contributed by atoms with van der Waals surface area (Å²) in [5.74, 6) is 0. The molecule has 0 N–H and O–H groups in total. The first kappa shape index (κ1) is 14.6. The number of carbonyl (C=O) groups excluding carboxylic acids is 2. The fourth-order valence-electron chi connectivity index (χ4n) is 0.717. The highest BCUT2D eigenvalue weighted by Gasteiger charge is 2.29. The highest BCUT2D eigenvalue weighted by Crippen LogP contribution is 2.17. The van der Waals surface area contributed by atoms with Crippen molar-refractivity contribution in [1.82, 2.24) is 0 Å². The zero-order chi connectivity index (χ0) is 12.1. The summed E-state index contributed by atoms with van der Waals surface area (Å²) >= 11 is 3.72. The molecule has 0 rings (SSSR count). The van der Waals surface area contributed by atoms with Gasteiger partial charge in [-0.2, -0.15) is 0 Å². The van der Waals surface area contributed by atoms with Crippen molar-refractivity contribution in [3.8, 4) is 0 Å². The van der Waals surface area contributed by atoms with Gasteiger partial charge in [-0.1, -0.05) is 0 Å². The molecule has 0 atom stereocenters. The fraction of sp³-hybridized carbons (Fsp3) is 0.800. The summed E-state index contributed by atoms with van der Waals surface area (Å²) in [5.41, 5.74) is -1.54. The van der Waals surface area contributed by atoms with Crippen molar-refractivity contribution in [2.24, 2.45) is 0 Å². The second-order valence-electron chi connectivity index (χ2n) is 4.34. The fourth-order valence-corrected chi connectivity index (χ4v) is 0.782. The molecule has 0 aromatic rings. The molecule has 0 amide bonds. The van der Waals surface area contributed by atoms with Crippen LogP contribution < -0.4 is 0 Å². The topological polar surface area (TPSA) is 52.6 Å². The molecular weight excluding hydrogens is 216 g/mol. The standard InChI is InChI=1S/C10H18O4S/c1-9(2,13-6-5-11)7-14-10(3,4)8(12)15/h5H,6-7H2,1-4H3,(H,12,15). The van der Waals surface area contributed by atoms with Crippen LogP contribution in [0.15, 0.2) is 0 Å². The lowest BCUT2D eigenvalue weighted by Crippen LogP contribution is -2.39. The highest BCUT2D eigenvalue weighted by atomic mass is 32.1. The van der Waals surface area contributed by atoms with Crippen LogP contribution in [-0.2, 0) is 19.1 Å². The van der Waals surface area contributed by atoms with Gasteiger partial charge in [0.05, 0.1) is 12.2 Å². The molecule has 88 valence electrons. The summed E-state index contributed by atoms with van der Waals surface area (Å²) in [6.07, 6.45) is 0.677. The summed E-state index contributed by atoms with van der Waals surface area (Å²) in [6, 6.07) is 0. The van der Waals surface area contributed by atoms with Gasteiger partial charge in [-0.3, -0.25) is 4.79 Å². The molecule has 0 aliphatic rings. The lowest BCUT2D eigenvalue weighted by molar-refractivity contribution is -0.147. The second-order valence-corrected chi connectivity index (χ2v) is 4.75. The molecule has 0 bridgehead atoms. The van der Waals surface area contributed by atoms with Gasteiger partial charge >= 0.3 is 0 Å². The molecule has 0 aromatic heterocycles. The van der Waals surface area contributed by atoms with E-state index < -0.39 is 11.2 Å². The van der Waals surface area contributed by atoms with E-state index in [9.17, 15) is 9.59 Å².